The van der Waals surface area contributed by atoms with Gasteiger partial charge in [-0.1, -0.05) is 50.3 Å². The van der Waals surface area contributed by atoms with E-state index in [2.05, 4.69) is 41.5 Å². The van der Waals surface area contributed by atoms with Gasteiger partial charge in [0.25, 0.3) is 0 Å². The third-order valence-corrected chi connectivity index (χ3v) is 2.37. The Kier molecular flexibility index (Phi) is 4.70. The largest absolute Gasteiger partial charge is 0.248 e. The van der Waals surface area contributed by atoms with Crippen LogP contribution in [0.2, 0.25) is 0 Å². The molecule has 0 radical (unpaired) electrons. The number of nitrogens with zero attached hydrogens (tertiary/aromatic N) is 3. The van der Waals surface area contributed by atoms with Gasteiger partial charge in [0.05, 0.1) is 11.9 Å². The highest BCUT2D eigenvalue weighted by Gasteiger charge is 2.02. The van der Waals surface area contributed by atoms with Crippen molar-refractivity contribution in [2.24, 2.45) is 7.05 Å². The maximum atomic E-state index is 3.90. The Morgan fingerprint density at radius 3 is 2.19 bits per heavy atom. The molecule has 1 heterocycles. The van der Waals surface area contributed by atoms with Crippen LogP contribution in [0.25, 0.3) is 11.3 Å². The smallest absolute Gasteiger partial charge is 0.0882 e. The van der Waals surface area contributed by atoms with Crippen molar-refractivity contribution in [2.45, 2.75) is 27.2 Å². The van der Waals surface area contributed by atoms with Gasteiger partial charge in [-0.3, -0.25) is 0 Å². The van der Waals surface area contributed by atoms with E-state index in [4.69, 9.17) is 0 Å². The van der Waals surface area contributed by atoms with Gasteiger partial charge in [-0.05, 0) is 12.0 Å². The zero-order valence-corrected chi connectivity index (χ0v) is 10.4. The van der Waals surface area contributed by atoms with E-state index in [9.17, 15) is 0 Å². The lowest BCUT2D eigenvalue weighted by Crippen LogP contribution is -1.93. The van der Waals surface area contributed by atoms with Crippen LogP contribution in [0, 0.1) is 0 Å². The topological polar surface area (TPSA) is 30.7 Å². The van der Waals surface area contributed by atoms with Crippen molar-refractivity contribution in [1.82, 2.24) is 15.0 Å². The maximum absolute atomic E-state index is 3.90. The molecule has 3 heteroatoms. The van der Waals surface area contributed by atoms with Gasteiger partial charge in [0.1, 0.15) is 0 Å². The molecule has 0 amide bonds. The first-order chi connectivity index (χ1) is 7.81. The SMILES string of the molecule is CC.CCc1ccc(-c2cnnn2C)cc1. The van der Waals surface area contributed by atoms with Gasteiger partial charge < -0.3 is 0 Å². The average Bonchev–Trinajstić information content (AvgIpc) is 2.78. The molecular weight excluding hydrogens is 198 g/mol. The molecule has 2 aromatic rings. The summed E-state index contributed by atoms with van der Waals surface area (Å²) in [5.74, 6) is 0. The molecule has 0 aliphatic heterocycles. The molecule has 1 aromatic carbocycles. The zero-order valence-electron chi connectivity index (χ0n) is 10.4. The molecule has 3 nitrogen and oxygen atoms in total. The fraction of sp³-hybridized carbons (Fsp3) is 0.385. The second kappa shape index (κ2) is 6.05. The van der Waals surface area contributed by atoms with Gasteiger partial charge in [0.2, 0.25) is 0 Å². The Morgan fingerprint density at radius 2 is 1.75 bits per heavy atom. The molecule has 0 aliphatic rings. The zero-order chi connectivity index (χ0) is 12.0. The highest BCUT2D eigenvalue weighted by Crippen LogP contribution is 2.17. The van der Waals surface area contributed by atoms with Crippen molar-refractivity contribution in [2.75, 3.05) is 0 Å². The first kappa shape index (κ1) is 12.4. The fourth-order valence-corrected chi connectivity index (χ4v) is 1.46. The summed E-state index contributed by atoms with van der Waals surface area (Å²) in [4.78, 5) is 0. The normalized spacial score (nSPS) is 9.50. The van der Waals surface area contributed by atoms with Crippen LogP contribution in [0.3, 0.4) is 0 Å². The van der Waals surface area contributed by atoms with E-state index in [1.165, 1.54) is 5.56 Å². The van der Waals surface area contributed by atoms with Crippen molar-refractivity contribution < 1.29 is 0 Å². The standard InChI is InChI=1S/C11H13N3.C2H6/c1-3-9-4-6-10(7-5-9)11-8-12-13-14(11)2;1-2/h4-8H,3H2,1-2H3;1-2H3. The predicted octanol–water partition coefficient (Wildman–Crippen LogP) is 3.07. The minimum absolute atomic E-state index is 1.05. The highest BCUT2D eigenvalue weighted by atomic mass is 15.4. The summed E-state index contributed by atoms with van der Waals surface area (Å²) >= 11 is 0. The molecule has 86 valence electrons. The van der Waals surface area contributed by atoms with Gasteiger partial charge >= 0.3 is 0 Å². The van der Waals surface area contributed by atoms with E-state index < -0.39 is 0 Å². The fourth-order valence-electron chi connectivity index (χ4n) is 1.46. The van der Waals surface area contributed by atoms with E-state index in [1.807, 2.05) is 20.9 Å². The van der Waals surface area contributed by atoms with Crippen LogP contribution >= 0.6 is 0 Å². The first-order valence-electron chi connectivity index (χ1n) is 5.75. The van der Waals surface area contributed by atoms with Gasteiger partial charge in [-0.2, -0.15) is 0 Å². The number of aromatic nitrogens is 3. The Hall–Kier alpha value is -1.64. The quantitative estimate of drug-likeness (QED) is 0.774. The van der Waals surface area contributed by atoms with E-state index in [0.717, 1.165) is 17.7 Å². The van der Waals surface area contributed by atoms with Crippen LogP contribution in [0.4, 0.5) is 0 Å². The molecule has 0 fully saturated rings. The summed E-state index contributed by atoms with van der Waals surface area (Å²) < 4.78 is 1.78. The molecule has 2 rings (SSSR count). The molecule has 0 bridgehead atoms. The number of hydrogen-bond acceptors (Lipinski definition) is 2. The van der Waals surface area contributed by atoms with Crippen molar-refractivity contribution in [3.05, 3.63) is 36.0 Å². The van der Waals surface area contributed by atoms with Crippen LogP contribution < -0.4 is 0 Å². The number of hydrogen-bond donors (Lipinski definition) is 0. The molecule has 0 N–H and O–H groups in total. The minimum Gasteiger partial charge on any atom is -0.248 e. The Morgan fingerprint density at radius 1 is 1.12 bits per heavy atom. The summed E-state index contributed by atoms with van der Waals surface area (Å²) in [5, 5.41) is 7.76. The Balaban J connectivity index is 0.000000606. The van der Waals surface area contributed by atoms with Gasteiger partial charge in [0.15, 0.2) is 0 Å². The predicted molar refractivity (Wildman–Crippen MR) is 67.2 cm³/mol. The molecule has 0 aliphatic carbocycles. The lowest BCUT2D eigenvalue weighted by molar-refractivity contribution is 0.720. The molecule has 0 saturated carbocycles. The second-order valence-electron chi connectivity index (χ2n) is 3.29. The van der Waals surface area contributed by atoms with E-state index >= 15 is 0 Å². The highest BCUT2D eigenvalue weighted by molar-refractivity contribution is 5.58. The summed E-state index contributed by atoms with van der Waals surface area (Å²) in [6, 6.07) is 8.50. The van der Waals surface area contributed by atoms with Gasteiger partial charge in [-0.15, -0.1) is 5.10 Å². The van der Waals surface area contributed by atoms with E-state index in [-0.39, 0.29) is 0 Å². The molecule has 0 saturated heterocycles. The summed E-state index contributed by atoms with van der Waals surface area (Å²) in [6.45, 7) is 6.15. The van der Waals surface area contributed by atoms with Crippen LogP contribution in [-0.4, -0.2) is 15.0 Å². The Labute approximate surface area is 97.1 Å². The van der Waals surface area contributed by atoms with Crippen molar-refractivity contribution in [1.29, 1.82) is 0 Å². The molecule has 0 atom stereocenters. The summed E-state index contributed by atoms with van der Waals surface area (Å²) in [7, 11) is 1.90. The van der Waals surface area contributed by atoms with Crippen molar-refractivity contribution in [3.8, 4) is 11.3 Å². The number of aryl methyl sites for hydroxylation is 2. The van der Waals surface area contributed by atoms with Crippen LogP contribution in [0.5, 0.6) is 0 Å². The third-order valence-electron chi connectivity index (χ3n) is 2.37. The van der Waals surface area contributed by atoms with E-state index in [0.29, 0.717) is 0 Å². The van der Waals surface area contributed by atoms with Gasteiger partial charge in [0, 0.05) is 12.6 Å². The molecule has 0 spiro atoms. The van der Waals surface area contributed by atoms with Crippen molar-refractivity contribution in [3.63, 3.8) is 0 Å². The maximum Gasteiger partial charge on any atom is 0.0882 e. The average molecular weight is 217 g/mol. The van der Waals surface area contributed by atoms with Crippen LogP contribution in [0.15, 0.2) is 30.5 Å². The van der Waals surface area contributed by atoms with Crippen molar-refractivity contribution >= 4 is 0 Å². The van der Waals surface area contributed by atoms with E-state index in [1.54, 1.807) is 10.9 Å². The second-order valence-corrected chi connectivity index (χ2v) is 3.29. The molecule has 1 aromatic heterocycles. The molecule has 0 unspecified atom stereocenters. The summed E-state index contributed by atoms with van der Waals surface area (Å²) in [5.41, 5.74) is 3.56. The third kappa shape index (κ3) is 2.69. The lowest BCUT2D eigenvalue weighted by Gasteiger charge is -2.01. The Bertz CT molecular complexity index is 415. The van der Waals surface area contributed by atoms with Crippen LogP contribution in [-0.2, 0) is 13.5 Å². The molecular formula is C13H19N3. The van der Waals surface area contributed by atoms with Gasteiger partial charge in [-0.25, -0.2) is 4.68 Å². The summed E-state index contributed by atoms with van der Waals surface area (Å²) in [6.07, 6.45) is 2.85. The number of benzene rings is 1. The lowest BCUT2D eigenvalue weighted by atomic mass is 10.1. The minimum atomic E-state index is 1.05. The molecule has 16 heavy (non-hydrogen) atoms. The first-order valence-corrected chi connectivity index (χ1v) is 5.75. The number of rotatable bonds is 2. The monoisotopic (exact) mass is 217 g/mol. The van der Waals surface area contributed by atoms with Crippen LogP contribution in [0.1, 0.15) is 26.3 Å².